The van der Waals surface area contributed by atoms with Gasteiger partial charge in [0.15, 0.2) is 0 Å². The van der Waals surface area contributed by atoms with Crippen molar-refractivity contribution in [3.05, 3.63) is 0 Å². The van der Waals surface area contributed by atoms with E-state index in [2.05, 4.69) is 4.72 Å². The minimum Gasteiger partial charge on any atom is -0.391 e. The summed E-state index contributed by atoms with van der Waals surface area (Å²) in [4.78, 5) is 0. The number of aliphatic hydroxyl groups excluding tert-OH is 1. The van der Waals surface area contributed by atoms with Gasteiger partial charge in [0, 0.05) is 11.9 Å². The van der Waals surface area contributed by atoms with Gasteiger partial charge in [-0.05, 0) is 18.8 Å². The second-order valence-electron chi connectivity index (χ2n) is 4.97. The topological polar surface area (TPSA) is 66.4 Å². The second-order valence-corrected chi connectivity index (χ2v) is 7.08. The van der Waals surface area contributed by atoms with Crippen molar-refractivity contribution in [3.8, 4) is 0 Å². The molecule has 0 aromatic rings. The lowest BCUT2D eigenvalue weighted by atomic mass is 10.1. The Bertz CT molecular complexity index is 321. The van der Waals surface area contributed by atoms with Gasteiger partial charge in [-0.3, -0.25) is 0 Å². The predicted molar refractivity (Wildman–Crippen MR) is 69.7 cm³/mol. The van der Waals surface area contributed by atoms with E-state index in [9.17, 15) is 13.5 Å². The Morgan fingerprint density at radius 2 is 2.00 bits per heavy atom. The van der Waals surface area contributed by atoms with Gasteiger partial charge in [-0.25, -0.2) is 13.1 Å². The fourth-order valence-corrected chi connectivity index (χ4v) is 4.06. The Morgan fingerprint density at radius 3 is 2.65 bits per heavy atom. The summed E-state index contributed by atoms with van der Waals surface area (Å²) in [5.41, 5.74) is 0. The van der Waals surface area contributed by atoms with Crippen LogP contribution in [0.5, 0.6) is 0 Å². The van der Waals surface area contributed by atoms with Crippen LogP contribution in [0.1, 0.15) is 39.0 Å². The first-order valence-electron chi connectivity index (χ1n) is 6.18. The molecule has 0 aliphatic heterocycles. The fourth-order valence-electron chi connectivity index (χ4n) is 2.12. The molecule has 1 saturated carbocycles. The third kappa shape index (κ3) is 5.55. The number of aliphatic hydroxyl groups is 1. The van der Waals surface area contributed by atoms with Crippen LogP contribution in [0.25, 0.3) is 0 Å². The minimum absolute atomic E-state index is 0.0275. The maximum atomic E-state index is 11.8. The summed E-state index contributed by atoms with van der Waals surface area (Å²) in [5.74, 6) is 0.283. The predicted octanol–water partition coefficient (Wildman–Crippen LogP) is 1.47. The lowest BCUT2D eigenvalue weighted by Gasteiger charge is -2.22. The van der Waals surface area contributed by atoms with Gasteiger partial charge in [-0.1, -0.05) is 26.2 Å². The first-order chi connectivity index (χ1) is 7.94. The summed E-state index contributed by atoms with van der Waals surface area (Å²) >= 11 is 5.61. The number of hydrogen-bond donors (Lipinski definition) is 2. The lowest BCUT2D eigenvalue weighted by molar-refractivity contribution is 0.130. The van der Waals surface area contributed by atoms with Crippen molar-refractivity contribution in [2.24, 2.45) is 5.92 Å². The number of nitrogens with one attached hydrogen (secondary N) is 1. The Balaban J connectivity index is 2.55. The van der Waals surface area contributed by atoms with Crippen molar-refractivity contribution in [2.45, 2.75) is 51.2 Å². The van der Waals surface area contributed by atoms with Crippen molar-refractivity contribution in [1.82, 2.24) is 4.72 Å². The molecule has 2 N–H and O–H groups in total. The van der Waals surface area contributed by atoms with Crippen LogP contribution in [0.2, 0.25) is 0 Å². The van der Waals surface area contributed by atoms with E-state index < -0.39 is 16.1 Å². The molecular formula is C11H22ClNO3S. The monoisotopic (exact) mass is 283 g/mol. The molecule has 1 aliphatic carbocycles. The molecule has 1 fully saturated rings. The van der Waals surface area contributed by atoms with Crippen LogP contribution < -0.4 is 4.72 Å². The molecule has 102 valence electrons. The zero-order valence-electron chi connectivity index (χ0n) is 10.2. The molecule has 6 heteroatoms. The van der Waals surface area contributed by atoms with Gasteiger partial charge in [-0.2, -0.15) is 0 Å². The number of alkyl halides is 1. The highest BCUT2D eigenvalue weighted by atomic mass is 35.5. The Morgan fingerprint density at radius 1 is 1.35 bits per heavy atom. The fraction of sp³-hybridized carbons (Fsp3) is 1.00. The van der Waals surface area contributed by atoms with Crippen LogP contribution in [-0.4, -0.2) is 37.3 Å². The smallest absolute Gasteiger partial charge is 0.212 e. The SMILES string of the molecule is CC(CCl)CS(=O)(=O)NC1CCCCCC1O. The van der Waals surface area contributed by atoms with Crippen molar-refractivity contribution in [2.75, 3.05) is 11.6 Å². The van der Waals surface area contributed by atoms with Crippen molar-refractivity contribution in [3.63, 3.8) is 0 Å². The van der Waals surface area contributed by atoms with E-state index in [4.69, 9.17) is 11.6 Å². The molecule has 3 unspecified atom stereocenters. The number of hydrogen-bond acceptors (Lipinski definition) is 3. The first kappa shape index (κ1) is 15.2. The van der Waals surface area contributed by atoms with Crippen LogP contribution in [0.3, 0.4) is 0 Å². The zero-order chi connectivity index (χ0) is 12.9. The number of sulfonamides is 1. The summed E-state index contributed by atoms with van der Waals surface area (Å²) in [5, 5.41) is 9.85. The van der Waals surface area contributed by atoms with Crippen LogP contribution in [0.15, 0.2) is 0 Å². The molecule has 0 spiro atoms. The molecule has 4 nitrogen and oxygen atoms in total. The summed E-state index contributed by atoms with van der Waals surface area (Å²) < 4.78 is 26.3. The quantitative estimate of drug-likeness (QED) is 0.593. The van der Waals surface area contributed by atoms with Crippen LogP contribution >= 0.6 is 11.6 Å². The average Bonchev–Trinajstić information content (AvgIpc) is 2.43. The van der Waals surface area contributed by atoms with Gasteiger partial charge in [-0.15, -0.1) is 11.6 Å². The molecular weight excluding hydrogens is 262 g/mol. The van der Waals surface area contributed by atoms with E-state index >= 15 is 0 Å². The summed E-state index contributed by atoms with van der Waals surface area (Å²) in [6.07, 6.45) is 3.84. The third-order valence-electron chi connectivity index (χ3n) is 3.08. The number of rotatable bonds is 5. The normalized spacial score (nSPS) is 28.6. The highest BCUT2D eigenvalue weighted by Gasteiger charge is 2.26. The molecule has 3 atom stereocenters. The van der Waals surface area contributed by atoms with Gasteiger partial charge in [0.05, 0.1) is 11.9 Å². The maximum absolute atomic E-state index is 11.8. The summed E-state index contributed by atoms with van der Waals surface area (Å²) in [6.45, 7) is 1.80. The molecule has 0 amide bonds. The van der Waals surface area contributed by atoms with Gasteiger partial charge in [0.2, 0.25) is 10.0 Å². The van der Waals surface area contributed by atoms with E-state index in [1.54, 1.807) is 6.92 Å². The van der Waals surface area contributed by atoms with Gasteiger partial charge in [0.25, 0.3) is 0 Å². The Hall–Kier alpha value is 0.160. The molecule has 0 saturated heterocycles. The van der Waals surface area contributed by atoms with E-state index in [0.29, 0.717) is 12.3 Å². The van der Waals surface area contributed by atoms with Crippen molar-refractivity contribution >= 4 is 21.6 Å². The molecule has 0 aromatic heterocycles. The highest BCUT2D eigenvalue weighted by molar-refractivity contribution is 7.89. The maximum Gasteiger partial charge on any atom is 0.212 e. The van der Waals surface area contributed by atoms with Gasteiger partial charge < -0.3 is 5.11 Å². The van der Waals surface area contributed by atoms with E-state index in [1.807, 2.05) is 0 Å². The zero-order valence-corrected chi connectivity index (χ0v) is 11.8. The van der Waals surface area contributed by atoms with Crippen LogP contribution in [-0.2, 0) is 10.0 Å². The highest BCUT2D eigenvalue weighted by Crippen LogP contribution is 2.19. The molecule has 1 rings (SSSR count). The van der Waals surface area contributed by atoms with E-state index in [0.717, 1.165) is 25.7 Å². The minimum atomic E-state index is -3.34. The second kappa shape index (κ2) is 6.92. The Kier molecular flexibility index (Phi) is 6.20. The van der Waals surface area contributed by atoms with Gasteiger partial charge >= 0.3 is 0 Å². The Labute approximate surface area is 109 Å². The largest absolute Gasteiger partial charge is 0.391 e. The number of halogens is 1. The standard InChI is InChI=1S/C11H22ClNO3S/c1-9(7-12)8-17(15,16)13-10-5-3-2-4-6-11(10)14/h9-11,13-14H,2-8H2,1H3. The summed E-state index contributed by atoms with van der Waals surface area (Å²) in [7, 11) is -3.34. The van der Waals surface area contributed by atoms with Gasteiger partial charge in [0.1, 0.15) is 0 Å². The van der Waals surface area contributed by atoms with Crippen LogP contribution in [0.4, 0.5) is 0 Å². The van der Waals surface area contributed by atoms with E-state index in [-0.39, 0.29) is 17.7 Å². The molecule has 1 aliphatic rings. The first-order valence-corrected chi connectivity index (χ1v) is 8.37. The van der Waals surface area contributed by atoms with Crippen LogP contribution in [0, 0.1) is 5.92 Å². The molecule has 0 heterocycles. The lowest BCUT2D eigenvalue weighted by Crippen LogP contribution is -2.44. The van der Waals surface area contributed by atoms with Crippen molar-refractivity contribution in [1.29, 1.82) is 0 Å². The molecule has 0 radical (unpaired) electrons. The molecule has 17 heavy (non-hydrogen) atoms. The third-order valence-corrected chi connectivity index (χ3v) is 5.27. The average molecular weight is 284 g/mol. The summed E-state index contributed by atoms with van der Waals surface area (Å²) in [6, 6.07) is -0.329. The van der Waals surface area contributed by atoms with E-state index in [1.165, 1.54) is 0 Å². The molecule has 0 aromatic carbocycles. The molecule has 0 bridgehead atoms. The van der Waals surface area contributed by atoms with Crippen molar-refractivity contribution < 1.29 is 13.5 Å².